The number of nitrogens with zero attached hydrogens (tertiary/aromatic N) is 5. The van der Waals surface area contributed by atoms with Gasteiger partial charge in [-0.05, 0) is 12.8 Å². The third-order valence-electron chi connectivity index (χ3n) is 3.24. The minimum Gasteiger partial charge on any atom is -0.370 e. The number of carbonyl (C=O) groups is 1. The summed E-state index contributed by atoms with van der Waals surface area (Å²) in [6, 6.07) is 0. The summed E-state index contributed by atoms with van der Waals surface area (Å²) >= 11 is 0. The van der Waals surface area contributed by atoms with E-state index < -0.39 is 0 Å². The zero-order valence-electron chi connectivity index (χ0n) is 12.4. The molecule has 124 valence electrons. The molecule has 1 saturated heterocycles. The van der Waals surface area contributed by atoms with Gasteiger partial charge in [-0.15, -0.1) is 17.5 Å². The second-order valence-electron chi connectivity index (χ2n) is 4.95. The molecule has 0 radical (unpaired) electrons. The highest BCUT2D eigenvalue weighted by atomic mass is 35.5. The quantitative estimate of drug-likeness (QED) is 0.325. The molecule has 5 N–H and O–H groups in total. The first-order valence-corrected chi connectivity index (χ1v) is 7.08. The van der Waals surface area contributed by atoms with Crippen molar-refractivity contribution in [3.8, 4) is 0 Å². The maximum atomic E-state index is 12.1. The molecule has 0 saturated carbocycles. The van der Waals surface area contributed by atoms with Crippen LogP contribution < -0.4 is 16.8 Å². The molecule has 0 spiro atoms. The van der Waals surface area contributed by atoms with Gasteiger partial charge in [0, 0.05) is 38.9 Å². The summed E-state index contributed by atoms with van der Waals surface area (Å²) in [5, 5.41) is 11.3. The Morgan fingerprint density at radius 3 is 2.77 bits per heavy atom. The van der Waals surface area contributed by atoms with Gasteiger partial charge >= 0.3 is 0 Å². The van der Waals surface area contributed by atoms with Gasteiger partial charge in [-0.3, -0.25) is 9.79 Å². The number of nitrogens with one attached hydrogen (secondary N) is 1. The molecule has 0 unspecified atom stereocenters. The van der Waals surface area contributed by atoms with Crippen molar-refractivity contribution in [3.63, 3.8) is 0 Å². The largest absolute Gasteiger partial charge is 0.370 e. The van der Waals surface area contributed by atoms with Crippen molar-refractivity contribution in [1.29, 1.82) is 0 Å². The summed E-state index contributed by atoms with van der Waals surface area (Å²) in [4.78, 5) is 17.8. The van der Waals surface area contributed by atoms with E-state index in [1.165, 1.54) is 0 Å². The van der Waals surface area contributed by atoms with E-state index in [0.29, 0.717) is 6.54 Å². The van der Waals surface area contributed by atoms with E-state index in [1.54, 1.807) is 10.9 Å². The fraction of sp³-hybridized carbons (Fsp3) is 0.667. The maximum absolute atomic E-state index is 12.1. The van der Waals surface area contributed by atoms with E-state index in [4.69, 9.17) is 11.5 Å². The van der Waals surface area contributed by atoms with Crippen molar-refractivity contribution >= 4 is 24.3 Å². The van der Waals surface area contributed by atoms with Crippen LogP contribution in [-0.4, -0.2) is 64.5 Å². The molecule has 1 amide bonds. The Balaban J connectivity index is 0.00000242. The summed E-state index contributed by atoms with van der Waals surface area (Å²) in [5.41, 5.74) is 11.3. The Hall–Kier alpha value is -1.87. The average Bonchev–Trinajstić information content (AvgIpc) is 2.92. The molecule has 2 rings (SSSR count). The molecule has 0 aliphatic carbocycles. The normalized spacial score (nSPS) is 14.3. The van der Waals surface area contributed by atoms with E-state index in [1.807, 2.05) is 4.90 Å². The van der Waals surface area contributed by atoms with Gasteiger partial charge in [-0.2, -0.15) is 0 Å². The van der Waals surface area contributed by atoms with Crippen LogP contribution >= 0.6 is 12.4 Å². The second kappa shape index (κ2) is 9.21. The fourth-order valence-corrected chi connectivity index (χ4v) is 2.15. The van der Waals surface area contributed by atoms with Gasteiger partial charge in [-0.25, -0.2) is 4.68 Å². The minimum atomic E-state index is 0. The second-order valence-corrected chi connectivity index (χ2v) is 4.95. The summed E-state index contributed by atoms with van der Waals surface area (Å²) in [5.74, 6) is 0.175. The molecule has 9 nitrogen and oxygen atoms in total. The van der Waals surface area contributed by atoms with Crippen molar-refractivity contribution in [2.24, 2.45) is 16.5 Å². The van der Waals surface area contributed by atoms with E-state index in [9.17, 15) is 4.79 Å². The molecule has 1 aliphatic rings. The van der Waals surface area contributed by atoms with E-state index in [0.717, 1.165) is 44.7 Å². The number of carbonyl (C=O) groups excluding carboxylic acids is 1. The van der Waals surface area contributed by atoms with Crippen LogP contribution in [0.4, 0.5) is 0 Å². The molecule has 22 heavy (non-hydrogen) atoms. The van der Waals surface area contributed by atoms with E-state index in [2.05, 4.69) is 20.6 Å². The number of piperazine rings is 1. The third-order valence-corrected chi connectivity index (χ3v) is 3.24. The number of hydrogen-bond donors (Lipinski definition) is 3. The molecule has 0 atom stereocenters. The van der Waals surface area contributed by atoms with Gasteiger partial charge in [0.1, 0.15) is 6.54 Å². The Kier molecular flexibility index (Phi) is 7.61. The summed E-state index contributed by atoms with van der Waals surface area (Å²) in [6.07, 6.45) is 3.33. The number of guanidine groups is 1. The fourth-order valence-electron chi connectivity index (χ4n) is 2.15. The number of aromatic nitrogens is 3. The van der Waals surface area contributed by atoms with Crippen molar-refractivity contribution < 1.29 is 4.79 Å². The van der Waals surface area contributed by atoms with E-state index >= 15 is 0 Å². The molecule has 1 fully saturated rings. The zero-order chi connectivity index (χ0) is 15.1. The Labute approximate surface area is 135 Å². The summed E-state index contributed by atoms with van der Waals surface area (Å²) in [7, 11) is 0. The molecular formula is C12H23ClN8O. The highest BCUT2D eigenvalue weighted by molar-refractivity contribution is 5.85. The zero-order valence-corrected chi connectivity index (χ0v) is 13.3. The number of aliphatic imine (C=N–C) groups is 1. The average molecular weight is 331 g/mol. The lowest BCUT2D eigenvalue weighted by Gasteiger charge is -2.27. The predicted octanol–water partition coefficient (Wildman–Crippen LogP) is -1.66. The first-order chi connectivity index (χ1) is 10.1. The van der Waals surface area contributed by atoms with E-state index in [-0.39, 0.29) is 30.8 Å². The Morgan fingerprint density at radius 2 is 2.09 bits per heavy atom. The lowest BCUT2D eigenvalue weighted by atomic mass is 10.2. The first-order valence-electron chi connectivity index (χ1n) is 7.08. The smallest absolute Gasteiger partial charge is 0.244 e. The van der Waals surface area contributed by atoms with Gasteiger partial charge in [0.15, 0.2) is 5.96 Å². The number of nitrogens with two attached hydrogens (primary N) is 2. The van der Waals surface area contributed by atoms with Crippen LogP contribution in [0, 0.1) is 0 Å². The summed E-state index contributed by atoms with van der Waals surface area (Å²) < 4.78 is 1.58. The molecule has 10 heteroatoms. The van der Waals surface area contributed by atoms with Crippen LogP contribution in [0.1, 0.15) is 12.1 Å². The Bertz CT molecular complexity index is 493. The molecular weight excluding hydrogens is 308 g/mol. The molecule has 0 bridgehead atoms. The predicted molar refractivity (Wildman–Crippen MR) is 85.7 cm³/mol. The lowest BCUT2D eigenvalue weighted by Crippen LogP contribution is -2.47. The summed E-state index contributed by atoms with van der Waals surface area (Å²) in [6.45, 7) is 3.99. The van der Waals surface area contributed by atoms with Crippen molar-refractivity contribution in [2.45, 2.75) is 19.4 Å². The third kappa shape index (κ3) is 5.86. The van der Waals surface area contributed by atoms with Crippen molar-refractivity contribution in [3.05, 3.63) is 11.9 Å². The van der Waals surface area contributed by atoms with Crippen LogP contribution in [0.15, 0.2) is 11.2 Å². The molecule has 1 aromatic heterocycles. The van der Waals surface area contributed by atoms with Crippen LogP contribution in [0.5, 0.6) is 0 Å². The standard InChI is InChI=1S/C12H22N8O.ClH/c13-12(14)16-3-1-2-10-8-20(18-17-10)9-11(21)19-6-4-15-5-7-19;/h8,15H,1-7,9H2,(H4,13,14,16);1H. The topological polar surface area (TPSA) is 127 Å². The van der Waals surface area contributed by atoms with Crippen LogP contribution in [0.25, 0.3) is 0 Å². The van der Waals surface area contributed by atoms with Crippen LogP contribution in [0.2, 0.25) is 0 Å². The van der Waals surface area contributed by atoms with Gasteiger partial charge < -0.3 is 21.7 Å². The highest BCUT2D eigenvalue weighted by Gasteiger charge is 2.16. The number of amides is 1. The molecule has 1 aliphatic heterocycles. The van der Waals surface area contributed by atoms with Crippen LogP contribution in [0.3, 0.4) is 0 Å². The number of hydrogen-bond acceptors (Lipinski definition) is 5. The van der Waals surface area contributed by atoms with Crippen LogP contribution in [-0.2, 0) is 17.8 Å². The molecule has 1 aromatic rings. The monoisotopic (exact) mass is 330 g/mol. The lowest BCUT2D eigenvalue weighted by molar-refractivity contribution is -0.132. The van der Waals surface area contributed by atoms with Gasteiger partial charge in [0.2, 0.25) is 5.91 Å². The van der Waals surface area contributed by atoms with Gasteiger partial charge in [0.25, 0.3) is 0 Å². The number of aryl methyl sites for hydroxylation is 1. The SMILES string of the molecule is Cl.NC(N)=NCCCc1cn(CC(=O)N2CCNCC2)nn1. The van der Waals surface area contributed by atoms with Gasteiger partial charge in [-0.1, -0.05) is 5.21 Å². The van der Waals surface area contributed by atoms with Gasteiger partial charge in [0.05, 0.1) is 5.69 Å². The minimum absolute atomic E-state index is 0. The number of halogens is 1. The highest BCUT2D eigenvalue weighted by Crippen LogP contribution is 2.01. The first kappa shape index (κ1) is 18.2. The maximum Gasteiger partial charge on any atom is 0.244 e. The Morgan fingerprint density at radius 1 is 1.36 bits per heavy atom. The van der Waals surface area contributed by atoms with Crippen molar-refractivity contribution in [1.82, 2.24) is 25.2 Å². The van der Waals surface area contributed by atoms with Crippen molar-refractivity contribution in [2.75, 3.05) is 32.7 Å². The molecule has 0 aromatic carbocycles. The molecule has 2 heterocycles. The number of rotatable bonds is 6.